The van der Waals surface area contributed by atoms with Gasteiger partial charge in [0.25, 0.3) is 5.91 Å². The number of rotatable bonds is 3. The van der Waals surface area contributed by atoms with E-state index < -0.39 is 5.91 Å². The van der Waals surface area contributed by atoms with Crippen molar-refractivity contribution in [2.45, 2.75) is 31.6 Å². The highest BCUT2D eigenvalue weighted by molar-refractivity contribution is 6.15. The maximum Gasteiger partial charge on any atom is 0.252 e. The van der Waals surface area contributed by atoms with E-state index in [1.807, 2.05) is 6.20 Å². The highest BCUT2D eigenvalue weighted by Crippen LogP contribution is 2.38. The van der Waals surface area contributed by atoms with Crippen molar-refractivity contribution in [3.63, 3.8) is 0 Å². The second-order valence-corrected chi connectivity index (χ2v) is 9.83. The molecule has 1 atom stereocenters. The minimum atomic E-state index is -0.485. The van der Waals surface area contributed by atoms with E-state index in [1.165, 1.54) is 5.56 Å². The van der Waals surface area contributed by atoms with Gasteiger partial charge in [-0.05, 0) is 56.4 Å². The van der Waals surface area contributed by atoms with Gasteiger partial charge in [-0.3, -0.25) is 19.2 Å². The van der Waals surface area contributed by atoms with Gasteiger partial charge in [0.2, 0.25) is 0 Å². The van der Waals surface area contributed by atoms with Crippen molar-refractivity contribution in [2.24, 2.45) is 11.1 Å². The van der Waals surface area contributed by atoms with E-state index in [4.69, 9.17) is 5.73 Å². The van der Waals surface area contributed by atoms with E-state index in [1.54, 1.807) is 6.20 Å². The minimum absolute atomic E-state index is 0.344. The lowest BCUT2D eigenvalue weighted by Gasteiger charge is -2.41. The molecular weight excluding hydrogens is 416 g/mol. The fourth-order valence-electron chi connectivity index (χ4n) is 6.13. The van der Waals surface area contributed by atoms with Crippen LogP contribution in [-0.2, 0) is 4.79 Å². The lowest BCUT2D eigenvalue weighted by atomic mass is 9.78. The van der Waals surface area contributed by atoms with Crippen LogP contribution in [-0.4, -0.2) is 60.6 Å². The molecular formula is C25H30N6O2. The molecule has 6 rings (SSSR count). The van der Waals surface area contributed by atoms with Crippen LogP contribution in [0.25, 0.3) is 21.8 Å². The summed E-state index contributed by atoms with van der Waals surface area (Å²) in [6, 6.07) is 6.67. The Labute approximate surface area is 192 Å². The summed E-state index contributed by atoms with van der Waals surface area (Å²) in [5.74, 6) is 0.377. The number of Topliss-reactive ketones (excluding diaryl/α,β-unsaturated/α-hetero) is 1. The average Bonchev–Trinajstić information content (AvgIpc) is 3.44. The molecule has 8 nitrogen and oxygen atoms in total. The summed E-state index contributed by atoms with van der Waals surface area (Å²) < 4.78 is 2.17. The molecule has 0 aliphatic carbocycles. The number of fused-ring (bicyclic) bond motifs is 3. The fourth-order valence-corrected chi connectivity index (χ4v) is 6.13. The smallest absolute Gasteiger partial charge is 0.252 e. The zero-order valence-electron chi connectivity index (χ0n) is 18.8. The predicted molar refractivity (Wildman–Crippen MR) is 128 cm³/mol. The average molecular weight is 447 g/mol. The van der Waals surface area contributed by atoms with Crippen molar-refractivity contribution in [3.05, 3.63) is 41.7 Å². The molecule has 3 fully saturated rings. The number of amides is 1. The first kappa shape index (κ1) is 20.6. The van der Waals surface area contributed by atoms with E-state index in [9.17, 15) is 9.59 Å². The number of nitrogens with two attached hydrogens (primary N) is 1. The number of benzene rings is 1. The van der Waals surface area contributed by atoms with Crippen molar-refractivity contribution >= 4 is 33.5 Å². The van der Waals surface area contributed by atoms with E-state index >= 15 is 0 Å². The molecule has 1 unspecified atom stereocenters. The highest BCUT2D eigenvalue weighted by atomic mass is 16.1. The third-order valence-electron chi connectivity index (χ3n) is 7.95. The molecule has 0 saturated carbocycles. The summed E-state index contributed by atoms with van der Waals surface area (Å²) in [5, 5.41) is 11.1. The first-order valence-electron chi connectivity index (χ1n) is 12.0. The predicted octanol–water partition coefficient (Wildman–Crippen LogP) is 1.65. The van der Waals surface area contributed by atoms with Crippen LogP contribution in [0.4, 0.5) is 0 Å². The summed E-state index contributed by atoms with van der Waals surface area (Å²) in [4.78, 5) is 29.7. The largest absolute Gasteiger partial charge is 0.365 e. The van der Waals surface area contributed by atoms with Crippen molar-refractivity contribution in [1.29, 1.82) is 0 Å². The van der Waals surface area contributed by atoms with Gasteiger partial charge in [0.1, 0.15) is 5.78 Å². The van der Waals surface area contributed by atoms with Crippen molar-refractivity contribution in [2.75, 3.05) is 44.3 Å². The summed E-state index contributed by atoms with van der Waals surface area (Å²) >= 11 is 0. The molecule has 1 aromatic carbocycles. The molecule has 3 aromatic rings. The Kier molecular flexibility index (Phi) is 4.88. The minimum Gasteiger partial charge on any atom is -0.365 e. The number of carbonyl (C=O) groups excluding carboxylic acids is 2. The normalized spacial score (nSPS) is 24.4. The molecule has 172 valence electrons. The summed E-state index contributed by atoms with van der Waals surface area (Å²) in [5.41, 5.74) is 9.04. The lowest BCUT2D eigenvalue weighted by molar-refractivity contribution is -0.128. The number of hydrogen-bond acceptors (Lipinski definition) is 6. The van der Waals surface area contributed by atoms with Gasteiger partial charge in [-0.25, -0.2) is 0 Å². The number of pyridine rings is 1. The van der Waals surface area contributed by atoms with Gasteiger partial charge < -0.3 is 21.4 Å². The summed E-state index contributed by atoms with van der Waals surface area (Å²) in [6.45, 7) is 4.90. The molecule has 1 spiro atoms. The van der Waals surface area contributed by atoms with Crippen molar-refractivity contribution in [1.82, 2.24) is 20.3 Å². The number of nitrogens with zero attached hydrogens (tertiary/aromatic N) is 3. The Hall–Kier alpha value is -2.97. The van der Waals surface area contributed by atoms with Crippen LogP contribution < -0.4 is 21.4 Å². The number of aromatic nitrogens is 2. The fraction of sp³-hybridized carbons (Fsp3) is 0.480. The molecule has 4 N–H and O–H groups in total. The number of hydrogen-bond donors (Lipinski definition) is 3. The summed E-state index contributed by atoms with van der Waals surface area (Å²) in [6.07, 6.45) is 6.99. The molecule has 0 radical (unpaired) electrons. The number of ketones is 1. The van der Waals surface area contributed by atoms with Gasteiger partial charge in [-0.1, -0.05) is 12.1 Å². The maximum absolute atomic E-state index is 12.9. The van der Waals surface area contributed by atoms with Gasteiger partial charge in [0, 0.05) is 49.2 Å². The second kappa shape index (κ2) is 7.81. The second-order valence-electron chi connectivity index (χ2n) is 9.83. The molecule has 3 saturated heterocycles. The number of primary amides is 1. The number of nitrogens with one attached hydrogen (secondary N) is 2. The Bertz CT molecular complexity index is 1250. The third-order valence-corrected chi connectivity index (χ3v) is 7.95. The molecule has 33 heavy (non-hydrogen) atoms. The third kappa shape index (κ3) is 3.23. The molecule has 5 heterocycles. The first-order chi connectivity index (χ1) is 16.1. The SMILES string of the molecule is NC(=O)c1cncc2c3ccc(C4CCNCC4)cc3n(N3CCC(=O)C4(CCNC4)C3)c12. The van der Waals surface area contributed by atoms with Crippen LogP contribution >= 0.6 is 0 Å². The molecule has 0 bridgehead atoms. The Morgan fingerprint density at radius 2 is 1.97 bits per heavy atom. The monoisotopic (exact) mass is 446 g/mol. The molecule has 1 amide bonds. The van der Waals surface area contributed by atoms with Gasteiger partial charge in [0.15, 0.2) is 0 Å². The van der Waals surface area contributed by atoms with Crippen molar-refractivity contribution in [3.8, 4) is 0 Å². The van der Waals surface area contributed by atoms with E-state index in [2.05, 4.69) is 43.5 Å². The zero-order chi connectivity index (χ0) is 22.6. The highest BCUT2D eigenvalue weighted by Gasteiger charge is 2.45. The van der Waals surface area contributed by atoms with Gasteiger partial charge in [-0.15, -0.1) is 0 Å². The molecule has 2 aromatic heterocycles. The summed E-state index contributed by atoms with van der Waals surface area (Å²) in [7, 11) is 0. The van der Waals surface area contributed by atoms with E-state index in [-0.39, 0.29) is 5.41 Å². The number of carbonyl (C=O) groups is 2. The lowest BCUT2D eigenvalue weighted by Crippen LogP contribution is -2.54. The van der Waals surface area contributed by atoms with Crippen LogP contribution in [0.15, 0.2) is 30.6 Å². The van der Waals surface area contributed by atoms with Crippen LogP contribution in [0.2, 0.25) is 0 Å². The van der Waals surface area contributed by atoms with Crippen LogP contribution in [0.1, 0.15) is 47.5 Å². The maximum atomic E-state index is 12.9. The van der Waals surface area contributed by atoms with Crippen LogP contribution in [0.5, 0.6) is 0 Å². The molecule has 8 heteroatoms. The number of piperidine rings is 2. The van der Waals surface area contributed by atoms with Gasteiger partial charge in [-0.2, -0.15) is 0 Å². The van der Waals surface area contributed by atoms with E-state index in [0.717, 1.165) is 60.7 Å². The Balaban J connectivity index is 1.57. The van der Waals surface area contributed by atoms with Crippen LogP contribution in [0, 0.1) is 5.41 Å². The Morgan fingerprint density at radius 1 is 1.12 bits per heavy atom. The first-order valence-corrected chi connectivity index (χ1v) is 12.0. The molecule has 3 aliphatic rings. The molecule has 3 aliphatic heterocycles. The topological polar surface area (TPSA) is 105 Å². The quantitative estimate of drug-likeness (QED) is 0.565. The zero-order valence-corrected chi connectivity index (χ0v) is 18.8. The van der Waals surface area contributed by atoms with Crippen LogP contribution in [0.3, 0.4) is 0 Å². The van der Waals surface area contributed by atoms with Gasteiger partial charge >= 0.3 is 0 Å². The van der Waals surface area contributed by atoms with E-state index in [0.29, 0.717) is 43.3 Å². The standard InChI is InChI=1S/C25H30N6O2/c26-24(33)20-13-29-12-19-18-2-1-17(16-3-7-27-8-4-16)11-21(18)31(23(19)20)30-10-5-22(32)25(15-30)6-9-28-14-25/h1-2,11-13,16,27-28H,3-10,14-15H2,(H2,26,33). The van der Waals surface area contributed by atoms with Gasteiger partial charge in [0.05, 0.1) is 22.0 Å². The Morgan fingerprint density at radius 3 is 2.73 bits per heavy atom. The van der Waals surface area contributed by atoms with Crippen molar-refractivity contribution < 1.29 is 9.59 Å².